The highest BCUT2D eigenvalue weighted by atomic mass is 16.5. The average Bonchev–Trinajstić information content (AvgIpc) is 3.03. The Morgan fingerprint density at radius 1 is 0.881 bits per heavy atom. The van der Waals surface area contributed by atoms with E-state index in [2.05, 4.69) is 11.4 Å². The van der Waals surface area contributed by atoms with Crippen molar-refractivity contribution in [2.75, 3.05) is 38.7 Å². The molecule has 3 aromatic carbocycles. The number of rotatable bonds is 8. The van der Waals surface area contributed by atoms with Crippen molar-refractivity contribution in [2.24, 2.45) is 5.73 Å². The van der Waals surface area contributed by atoms with Crippen LogP contribution in [-0.4, -0.2) is 46.3 Å². The van der Waals surface area contributed by atoms with E-state index in [1.807, 2.05) is 0 Å². The minimum absolute atomic E-state index is 0.00484. The third-order valence-electron chi connectivity index (χ3n) is 6.63. The Balaban J connectivity index is 1.88. The van der Waals surface area contributed by atoms with Gasteiger partial charge in [-0.2, -0.15) is 5.26 Å². The summed E-state index contributed by atoms with van der Waals surface area (Å²) < 4.78 is 20.7. The highest BCUT2D eigenvalue weighted by molar-refractivity contribution is 6.08. The van der Waals surface area contributed by atoms with Crippen molar-refractivity contribution in [3.63, 3.8) is 0 Å². The summed E-state index contributed by atoms with van der Waals surface area (Å²) in [5, 5.41) is 13.0. The number of carbonyl (C=O) groups is 3. The van der Waals surface area contributed by atoms with Gasteiger partial charge >= 0.3 is 11.9 Å². The van der Waals surface area contributed by atoms with E-state index in [4.69, 9.17) is 24.7 Å². The standard InChI is InChI=1S/C31H28N4O7/c1-39-21-13-14-24(40-2)23(16-21)34-29(36)19-11-8-12-20(15-19)35-27(31(38)42-4)26(30(37)41-3)25(22(17-32)28(35)33)18-9-6-5-7-10-18/h5-16,25H,33H2,1-4H3,(H,34,36). The van der Waals surface area contributed by atoms with E-state index in [9.17, 15) is 19.6 Å². The molecule has 1 unspecified atom stereocenters. The number of nitriles is 1. The SMILES string of the molecule is COC(=O)C1=C(C(=O)OC)N(c2cccc(C(=O)Nc3cc(OC)ccc3OC)c2)C(N)=C(C#N)C1c1ccccc1. The molecule has 0 saturated carbocycles. The molecule has 1 aliphatic rings. The average molecular weight is 569 g/mol. The number of carbonyl (C=O) groups excluding carboxylic acids is 3. The summed E-state index contributed by atoms with van der Waals surface area (Å²) in [6.45, 7) is 0. The molecule has 0 saturated heterocycles. The van der Waals surface area contributed by atoms with E-state index >= 15 is 0 Å². The van der Waals surface area contributed by atoms with Gasteiger partial charge in [0.2, 0.25) is 0 Å². The van der Waals surface area contributed by atoms with Gasteiger partial charge in [0.05, 0.1) is 57.3 Å². The first kappa shape index (κ1) is 29.2. The third kappa shape index (κ3) is 5.46. The molecule has 0 aliphatic carbocycles. The molecule has 214 valence electrons. The molecule has 42 heavy (non-hydrogen) atoms. The van der Waals surface area contributed by atoms with Gasteiger partial charge in [-0.05, 0) is 35.9 Å². The van der Waals surface area contributed by atoms with Gasteiger partial charge in [0.1, 0.15) is 23.0 Å². The molecule has 11 nitrogen and oxygen atoms in total. The smallest absolute Gasteiger partial charge is 0.355 e. The molecule has 0 aromatic heterocycles. The molecular formula is C31H28N4O7. The maximum Gasteiger partial charge on any atom is 0.355 e. The lowest BCUT2D eigenvalue weighted by molar-refractivity contribution is -0.139. The summed E-state index contributed by atoms with van der Waals surface area (Å²) in [4.78, 5) is 41.1. The second-order valence-electron chi connectivity index (χ2n) is 8.91. The first-order valence-corrected chi connectivity index (χ1v) is 12.6. The quantitative estimate of drug-likeness (QED) is 0.383. The van der Waals surface area contributed by atoms with Crippen molar-refractivity contribution >= 4 is 29.2 Å². The Bertz CT molecular complexity index is 1640. The van der Waals surface area contributed by atoms with Crippen LogP contribution in [0.15, 0.2) is 95.5 Å². The molecule has 4 rings (SSSR count). The molecule has 0 spiro atoms. The van der Waals surface area contributed by atoms with Crippen LogP contribution >= 0.6 is 0 Å². The summed E-state index contributed by atoms with van der Waals surface area (Å²) in [6, 6.07) is 21.9. The number of amides is 1. The maximum absolute atomic E-state index is 13.3. The minimum Gasteiger partial charge on any atom is -0.497 e. The summed E-state index contributed by atoms with van der Waals surface area (Å²) in [5.41, 5.74) is 7.48. The molecule has 1 amide bonds. The lowest BCUT2D eigenvalue weighted by Gasteiger charge is -2.36. The van der Waals surface area contributed by atoms with Gasteiger partial charge in [-0.3, -0.25) is 9.69 Å². The highest BCUT2D eigenvalue weighted by Crippen LogP contribution is 2.43. The largest absolute Gasteiger partial charge is 0.497 e. The van der Waals surface area contributed by atoms with E-state index in [1.165, 1.54) is 32.3 Å². The Morgan fingerprint density at radius 2 is 1.60 bits per heavy atom. The molecule has 0 bridgehead atoms. The molecule has 3 aromatic rings. The number of ether oxygens (including phenoxy) is 4. The van der Waals surface area contributed by atoms with Crippen LogP contribution < -0.4 is 25.4 Å². The summed E-state index contributed by atoms with van der Waals surface area (Å²) in [7, 11) is 5.30. The molecule has 3 N–H and O–H groups in total. The topological polar surface area (TPSA) is 153 Å². The van der Waals surface area contributed by atoms with Crippen molar-refractivity contribution in [1.29, 1.82) is 5.26 Å². The third-order valence-corrected chi connectivity index (χ3v) is 6.63. The number of methoxy groups -OCH3 is 4. The molecule has 1 atom stereocenters. The van der Waals surface area contributed by atoms with E-state index < -0.39 is 23.8 Å². The predicted octanol–water partition coefficient (Wildman–Crippen LogP) is 3.85. The number of anilines is 2. The van der Waals surface area contributed by atoms with Crippen molar-refractivity contribution in [2.45, 2.75) is 5.92 Å². The summed E-state index contributed by atoms with van der Waals surface area (Å²) in [6.07, 6.45) is 0. The van der Waals surface area contributed by atoms with Crippen LogP contribution in [0.2, 0.25) is 0 Å². The fourth-order valence-electron chi connectivity index (χ4n) is 4.67. The Labute approximate surface area is 242 Å². The fraction of sp³-hybridized carbons (Fsp3) is 0.161. The van der Waals surface area contributed by atoms with Gasteiger partial charge in [-0.15, -0.1) is 0 Å². The number of nitrogens with one attached hydrogen (secondary N) is 1. The van der Waals surface area contributed by atoms with Crippen LogP contribution in [0, 0.1) is 11.3 Å². The number of nitrogens with two attached hydrogens (primary N) is 1. The second-order valence-corrected chi connectivity index (χ2v) is 8.91. The van der Waals surface area contributed by atoms with Crippen LogP contribution in [0.1, 0.15) is 21.8 Å². The first-order valence-electron chi connectivity index (χ1n) is 12.6. The van der Waals surface area contributed by atoms with E-state index in [1.54, 1.807) is 66.7 Å². The van der Waals surface area contributed by atoms with Gasteiger partial charge < -0.3 is 30.0 Å². The highest BCUT2D eigenvalue weighted by Gasteiger charge is 2.43. The number of esters is 2. The number of hydrogen-bond donors (Lipinski definition) is 2. The van der Waals surface area contributed by atoms with Crippen LogP contribution in [0.5, 0.6) is 11.5 Å². The number of allylic oxidation sites excluding steroid dienone is 1. The van der Waals surface area contributed by atoms with Gasteiger partial charge in [0.15, 0.2) is 0 Å². The Hall–Kier alpha value is -5.76. The molecule has 1 heterocycles. The van der Waals surface area contributed by atoms with Crippen molar-refractivity contribution in [3.8, 4) is 17.6 Å². The zero-order chi connectivity index (χ0) is 30.4. The zero-order valence-electron chi connectivity index (χ0n) is 23.3. The lowest BCUT2D eigenvalue weighted by atomic mass is 9.81. The van der Waals surface area contributed by atoms with Gasteiger partial charge in [0, 0.05) is 17.3 Å². The fourth-order valence-corrected chi connectivity index (χ4v) is 4.67. The van der Waals surface area contributed by atoms with Crippen molar-refractivity contribution in [1.82, 2.24) is 0 Å². The first-order chi connectivity index (χ1) is 20.3. The maximum atomic E-state index is 13.3. The van der Waals surface area contributed by atoms with Crippen molar-refractivity contribution < 1.29 is 33.3 Å². The van der Waals surface area contributed by atoms with Crippen LogP contribution in [0.25, 0.3) is 0 Å². The van der Waals surface area contributed by atoms with E-state index in [0.29, 0.717) is 22.7 Å². The molecule has 0 radical (unpaired) electrons. The van der Waals surface area contributed by atoms with Gasteiger partial charge in [0.25, 0.3) is 5.91 Å². The summed E-state index contributed by atoms with van der Waals surface area (Å²) >= 11 is 0. The Kier molecular flexibility index (Phi) is 8.78. The number of benzene rings is 3. The summed E-state index contributed by atoms with van der Waals surface area (Å²) in [5.74, 6) is -2.48. The van der Waals surface area contributed by atoms with Crippen LogP contribution in [0.4, 0.5) is 11.4 Å². The minimum atomic E-state index is -1.01. The monoisotopic (exact) mass is 568 g/mol. The second kappa shape index (κ2) is 12.6. The molecule has 0 fully saturated rings. The zero-order valence-corrected chi connectivity index (χ0v) is 23.3. The van der Waals surface area contributed by atoms with Crippen molar-refractivity contribution in [3.05, 3.63) is 107 Å². The number of nitrogens with zero attached hydrogens (tertiary/aromatic N) is 2. The van der Waals surface area contributed by atoms with Crippen LogP contribution in [0.3, 0.4) is 0 Å². The molecule has 1 aliphatic heterocycles. The number of hydrogen-bond acceptors (Lipinski definition) is 10. The Morgan fingerprint density at radius 3 is 2.21 bits per heavy atom. The molecular weight excluding hydrogens is 540 g/mol. The molecule has 11 heteroatoms. The van der Waals surface area contributed by atoms with Crippen LogP contribution in [-0.2, 0) is 19.1 Å². The normalized spacial score (nSPS) is 14.5. The van der Waals surface area contributed by atoms with Gasteiger partial charge in [-0.25, -0.2) is 9.59 Å². The van der Waals surface area contributed by atoms with E-state index in [0.717, 1.165) is 7.11 Å². The van der Waals surface area contributed by atoms with E-state index in [-0.39, 0.29) is 33.9 Å². The van der Waals surface area contributed by atoms with Gasteiger partial charge in [-0.1, -0.05) is 36.4 Å². The lowest BCUT2D eigenvalue weighted by Crippen LogP contribution is -2.40. The predicted molar refractivity (Wildman–Crippen MR) is 153 cm³/mol.